The van der Waals surface area contributed by atoms with Gasteiger partial charge in [-0.3, -0.25) is 14.5 Å². The Kier molecular flexibility index (Phi) is 7.87. The van der Waals surface area contributed by atoms with Crippen LogP contribution in [0.25, 0.3) is 0 Å². The number of anilines is 5. The quantitative estimate of drug-likeness (QED) is 0.392. The minimum Gasteiger partial charge on any atom is -0.368 e. The first-order valence-electron chi connectivity index (χ1n) is 10.6. The first-order valence-corrected chi connectivity index (χ1v) is 10.6. The summed E-state index contributed by atoms with van der Waals surface area (Å²) in [5, 5.41) is 8.68. The molecule has 0 spiro atoms. The van der Waals surface area contributed by atoms with E-state index in [4.69, 9.17) is 5.73 Å². The highest BCUT2D eigenvalue weighted by molar-refractivity contribution is 5.93. The number of likely N-dealkylation sites (N-methyl/N-ethyl adjacent to an activating group) is 1. The van der Waals surface area contributed by atoms with Gasteiger partial charge in [0.1, 0.15) is 0 Å². The minimum atomic E-state index is -0.274. The van der Waals surface area contributed by atoms with Crippen LogP contribution < -0.4 is 21.7 Å². The summed E-state index contributed by atoms with van der Waals surface area (Å²) >= 11 is 0. The Morgan fingerprint density at radius 3 is 2.18 bits per heavy atom. The van der Waals surface area contributed by atoms with E-state index in [0.29, 0.717) is 29.7 Å². The third kappa shape index (κ3) is 6.97. The highest BCUT2D eigenvalue weighted by Gasteiger charge is 2.21. The number of nitrogens with zero attached hydrogens (tertiary/aromatic N) is 4. The fourth-order valence-corrected chi connectivity index (χ4v) is 3.21. The highest BCUT2D eigenvalue weighted by atomic mass is 16.2. The van der Waals surface area contributed by atoms with E-state index in [0.717, 1.165) is 5.69 Å². The zero-order valence-corrected chi connectivity index (χ0v) is 18.9. The lowest BCUT2D eigenvalue weighted by molar-refractivity contribution is -0.118. The van der Waals surface area contributed by atoms with Crippen LogP contribution in [0.3, 0.4) is 0 Å². The van der Waals surface area contributed by atoms with Crippen LogP contribution in [-0.2, 0) is 9.59 Å². The van der Waals surface area contributed by atoms with Gasteiger partial charge in [-0.15, -0.1) is 0 Å². The zero-order chi connectivity index (χ0) is 23.8. The molecule has 3 rings (SSSR count). The summed E-state index contributed by atoms with van der Waals surface area (Å²) in [6.07, 6.45) is 0. The van der Waals surface area contributed by atoms with Crippen LogP contribution >= 0.6 is 0 Å². The largest absolute Gasteiger partial charge is 0.368 e. The molecule has 2 aromatic carbocycles. The number of hydrogen-bond donors (Lipinski definition) is 4. The van der Waals surface area contributed by atoms with Crippen LogP contribution in [0.5, 0.6) is 0 Å². The third-order valence-corrected chi connectivity index (χ3v) is 4.86. The Bertz CT molecular complexity index is 1090. The summed E-state index contributed by atoms with van der Waals surface area (Å²) in [7, 11) is 0. The summed E-state index contributed by atoms with van der Waals surface area (Å²) in [5.41, 5.74) is 8.04. The fourth-order valence-electron chi connectivity index (χ4n) is 3.21. The van der Waals surface area contributed by atoms with Gasteiger partial charge in [-0.2, -0.15) is 15.0 Å². The molecule has 0 aliphatic heterocycles. The lowest BCUT2D eigenvalue weighted by Crippen LogP contribution is -2.36. The zero-order valence-electron chi connectivity index (χ0n) is 18.9. The maximum atomic E-state index is 12.6. The molecule has 0 aliphatic carbocycles. The van der Waals surface area contributed by atoms with E-state index < -0.39 is 0 Å². The smallest absolute Gasteiger partial charge is 0.238 e. The number of benzene rings is 2. The minimum absolute atomic E-state index is 0.102. The molecular formula is C23H28N8O2. The second-order valence-corrected chi connectivity index (χ2v) is 7.41. The molecule has 172 valence electrons. The molecule has 1 atom stereocenters. The lowest BCUT2D eigenvalue weighted by atomic mass is 10.2. The number of carbonyl (C=O) groups is 2. The number of aromatic nitrogens is 3. The molecule has 0 saturated carbocycles. The van der Waals surface area contributed by atoms with Crippen LogP contribution in [0.15, 0.2) is 54.6 Å². The number of rotatable bonds is 9. The number of para-hydroxylation sites is 1. The van der Waals surface area contributed by atoms with Gasteiger partial charge in [0.2, 0.25) is 23.7 Å². The van der Waals surface area contributed by atoms with Gasteiger partial charge in [-0.25, -0.2) is 0 Å². The van der Waals surface area contributed by atoms with Gasteiger partial charge >= 0.3 is 0 Å². The van der Waals surface area contributed by atoms with E-state index in [-0.39, 0.29) is 30.3 Å². The molecule has 0 radical (unpaired) electrons. The van der Waals surface area contributed by atoms with Crippen LogP contribution in [-0.4, -0.2) is 44.8 Å². The standard InChI is InChI=1S/C23H28N8O2/c1-4-31(14-20(33)26-19-12-10-18(11-13-19)25-16(3)32)15(2)21-28-22(24)30-23(29-21)27-17-8-6-5-7-9-17/h5-13,15H,4,14H2,1-3H3,(H,25,32)(H,26,33)(H3,24,27,28,29,30). The Morgan fingerprint density at radius 2 is 1.58 bits per heavy atom. The van der Waals surface area contributed by atoms with Crippen LogP contribution in [0.1, 0.15) is 32.6 Å². The fraction of sp³-hybridized carbons (Fsp3) is 0.261. The third-order valence-electron chi connectivity index (χ3n) is 4.86. The van der Waals surface area contributed by atoms with Crippen LogP contribution in [0, 0.1) is 0 Å². The van der Waals surface area contributed by atoms with Gasteiger partial charge < -0.3 is 21.7 Å². The molecule has 10 heteroatoms. The normalized spacial score (nSPS) is 11.6. The molecular weight excluding hydrogens is 420 g/mol. The molecule has 0 fully saturated rings. The average molecular weight is 449 g/mol. The first kappa shape index (κ1) is 23.6. The van der Waals surface area contributed by atoms with Gasteiger partial charge in [0, 0.05) is 24.0 Å². The Hall–Kier alpha value is -4.05. The van der Waals surface area contributed by atoms with Crippen molar-refractivity contribution in [1.29, 1.82) is 0 Å². The van der Waals surface area contributed by atoms with Crippen molar-refractivity contribution in [3.63, 3.8) is 0 Å². The van der Waals surface area contributed by atoms with Crippen molar-refractivity contribution in [2.45, 2.75) is 26.8 Å². The summed E-state index contributed by atoms with van der Waals surface area (Å²) < 4.78 is 0. The summed E-state index contributed by atoms with van der Waals surface area (Å²) in [4.78, 5) is 38.6. The number of hydrogen-bond acceptors (Lipinski definition) is 8. The van der Waals surface area contributed by atoms with E-state index in [9.17, 15) is 9.59 Å². The maximum Gasteiger partial charge on any atom is 0.238 e. The number of nitrogens with two attached hydrogens (primary N) is 1. The van der Waals surface area contributed by atoms with Crippen LogP contribution in [0.2, 0.25) is 0 Å². The van der Waals surface area contributed by atoms with Crippen molar-refractivity contribution in [1.82, 2.24) is 19.9 Å². The second kappa shape index (κ2) is 11.0. The summed E-state index contributed by atoms with van der Waals surface area (Å²) in [5.74, 6) is 0.580. The van der Waals surface area contributed by atoms with Gasteiger partial charge in [-0.1, -0.05) is 25.1 Å². The topological polar surface area (TPSA) is 138 Å². The number of carbonyl (C=O) groups excluding carboxylic acids is 2. The van der Waals surface area contributed by atoms with E-state index in [1.54, 1.807) is 24.3 Å². The van der Waals surface area contributed by atoms with E-state index >= 15 is 0 Å². The molecule has 2 amide bonds. The first-order chi connectivity index (χ1) is 15.8. The Morgan fingerprint density at radius 1 is 0.939 bits per heavy atom. The molecule has 5 N–H and O–H groups in total. The van der Waals surface area contributed by atoms with E-state index in [1.807, 2.05) is 49.1 Å². The van der Waals surface area contributed by atoms with Crippen molar-refractivity contribution < 1.29 is 9.59 Å². The van der Waals surface area contributed by atoms with Crippen molar-refractivity contribution in [2.24, 2.45) is 0 Å². The molecule has 0 bridgehead atoms. The van der Waals surface area contributed by atoms with Crippen LogP contribution in [0.4, 0.5) is 29.0 Å². The van der Waals surface area contributed by atoms with Crippen molar-refractivity contribution in [2.75, 3.05) is 34.8 Å². The summed E-state index contributed by atoms with van der Waals surface area (Å²) in [6.45, 7) is 6.05. The van der Waals surface area contributed by atoms with Crippen molar-refractivity contribution in [3.8, 4) is 0 Å². The predicted molar refractivity (Wildman–Crippen MR) is 129 cm³/mol. The maximum absolute atomic E-state index is 12.6. The Balaban J connectivity index is 1.66. The molecule has 0 aliphatic rings. The number of amides is 2. The highest BCUT2D eigenvalue weighted by Crippen LogP contribution is 2.20. The molecule has 33 heavy (non-hydrogen) atoms. The molecule has 1 unspecified atom stereocenters. The van der Waals surface area contributed by atoms with Gasteiger partial charge in [0.05, 0.1) is 12.6 Å². The van der Waals surface area contributed by atoms with E-state index in [1.165, 1.54) is 6.92 Å². The molecule has 3 aromatic rings. The van der Waals surface area contributed by atoms with Crippen molar-refractivity contribution >= 4 is 40.8 Å². The van der Waals surface area contributed by atoms with Gasteiger partial charge in [0.25, 0.3) is 0 Å². The van der Waals surface area contributed by atoms with Crippen molar-refractivity contribution in [3.05, 3.63) is 60.4 Å². The summed E-state index contributed by atoms with van der Waals surface area (Å²) in [6, 6.07) is 16.2. The van der Waals surface area contributed by atoms with Gasteiger partial charge in [0.15, 0.2) is 5.82 Å². The monoisotopic (exact) mass is 448 g/mol. The number of nitrogens with one attached hydrogen (secondary N) is 3. The second-order valence-electron chi connectivity index (χ2n) is 7.41. The Labute approximate surface area is 192 Å². The average Bonchev–Trinajstić information content (AvgIpc) is 2.78. The molecule has 1 heterocycles. The lowest BCUT2D eigenvalue weighted by Gasteiger charge is -2.26. The predicted octanol–water partition coefficient (Wildman–Crippen LogP) is 3.18. The molecule has 1 aromatic heterocycles. The molecule has 10 nitrogen and oxygen atoms in total. The molecule has 0 saturated heterocycles. The number of nitrogen functional groups attached to an aromatic ring is 1. The van der Waals surface area contributed by atoms with Gasteiger partial charge in [-0.05, 0) is 49.9 Å². The van der Waals surface area contributed by atoms with E-state index in [2.05, 4.69) is 30.9 Å². The SMILES string of the molecule is CCN(CC(=O)Nc1ccc(NC(C)=O)cc1)C(C)c1nc(N)nc(Nc2ccccc2)n1.